The minimum absolute atomic E-state index is 0.105. The molecule has 2 aliphatic rings. The molecule has 33 heavy (non-hydrogen) atoms. The van der Waals surface area contributed by atoms with E-state index in [1.54, 1.807) is 0 Å². The van der Waals surface area contributed by atoms with Crippen LogP contribution in [0.5, 0.6) is 0 Å². The highest BCUT2D eigenvalue weighted by molar-refractivity contribution is 5.62. The third kappa shape index (κ3) is 6.85. The summed E-state index contributed by atoms with van der Waals surface area (Å²) in [5.41, 5.74) is 4.74. The van der Waals surface area contributed by atoms with Gasteiger partial charge in [0.05, 0.1) is 5.69 Å². The Balaban J connectivity index is 1.24. The maximum Gasteiger partial charge on any atom is 0.266 e. The lowest BCUT2D eigenvalue weighted by Gasteiger charge is -2.36. The van der Waals surface area contributed by atoms with Crippen LogP contribution >= 0.6 is 0 Å². The normalized spacial score (nSPS) is 25.8. The van der Waals surface area contributed by atoms with E-state index >= 15 is 0 Å². The van der Waals surface area contributed by atoms with Crippen LogP contribution in [0.3, 0.4) is 0 Å². The summed E-state index contributed by atoms with van der Waals surface area (Å²) in [6, 6.07) is 13.0. The molecule has 2 fully saturated rings. The fourth-order valence-electron chi connectivity index (χ4n) is 5.81. The molecule has 0 saturated heterocycles. The Morgan fingerprint density at radius 1 is 0.848 bits per heavy atom. The second-order valence-corrected chi connectivity index (χ2v) is 10.1. The molecule has 0 spiro atoms. The van der Waals surface area contributed by atoms with Crippen LogP contribution in [0.15, 0.2) is 60.8 Å². The summed E-state index contributed by atoms with van der Waals surface area (Å²) in [5, 5.41) is 0. The quantitative estimate of drug-likeness (QED) is 0.411. The molecule has 1 aromatic carbocycles. The summed E-state index contributed by atoms with van der Waals surface area (Å²) >= 11 is 0. The van der Waals surface area contributed by atoms with Crippen molar-refractivity contribution in [1.29, 1.82) is 0 Å². The van der Waals surface area contributed by atoms with E-state index in [0.717, 1.165) is 61.6 Å². The Kier molecular flexibility index (Phi) is 8.47. The zero-order chi connectivity index (χ0) is 23.0. The molecule has 176 valence electrons. The van der Waals surface area contributed by atoms with Crippen LogP contribution in [0.1, 0.15) is 75.8 Å². The lowest BCUT2D eigenvalue weighted by atomic mass is 9.69. The summed E-state index contributed by atoms with van der Waals surface area (Å²) in [7, 11) is 0. The molecule has 0 bridgehead atoms. The molecule has 2 aliphatic carbocycles. The predicted octanol–water partition coefficient (Wildman–Crippen LogP) is 9.11. The van der Waals surface area contributed by atoms with Crippen molar-refractivity contribution in [1.82, 2.24) is 4.98 Å². The number of aryl methyl sites for hydroxylation is 1. The minimum Gasteiger partial charge on any atom is -0.256 e. The lowest BCUT2D eigenvalue weighted by molar-refractivity contribution is 0.165. The van der Waals surface area contributed by atoms with Gasteiger partial charge in [-0.3, -0.25) is 4.98 Å². The molecule has 0 N–H and O–H groups in total. The average Bonchev–Trinajstić information content (AvgIpc) is 2.84. The number of hydrogen-bond donors (Lipinski definition) is 0. The molecule has 0 amide bonds. The molecule has 1 heterocycles. The summed E-state index contributed by atoms with van der Waals surface area (Å²) in [5.74, 6) is 2.31. The lowest BCUT2D eigenvalue weighted by Crippen LogP contribution is -2.25. The highest BCUT2D eigenvalue weighted by atomic mass is 19.3. The highest BCUT2D eigenvalue weighted by Gasteiger charge is 2.30. The van der Waals surface area contributed by atoms with Crippen molar-refractivity contribution >= 4 is 6.08 Å². The van der Waals surface area contributed by atoms with Gasteiger partial charge in [0.25, 0.3) is 6.08 Å². The number of hydrogen-bond acceptors (Lipinski definition) is 1. The fourth-order valence-corrected chi connectivity index (χ4v) is 5.81. The van der Waals surface area contributed by atoms with Crippen molar-refractivity contribution in [2.45, 2.75) is 71.1 Å². The molecule has 0 aliphatic heterocycles. The van der Waals surface area contributed by atoms with E-state index in [-0.39, 0.29) is 5.92 Å². The van der Waals surface area contributed by atoms with Crippen LogP contribution < -0.4 is 0 Å². The maximum atomic E-state index is 12.5. The van der Waals surface area contributed by atoms with E-state index in [1.165, 1.54) is 42.9 Å². The molecule has 2 saturated carbocycles. The van der Waals surface area contributed by atoms with E-state index < -0.39 is 6.08 Å². The van der Waals surface area contributed by atoms with Crippen LogP contribution in [0.4, 0.5) is 8.78 Å². The van der Waals surface area contributed by atoms with Crippen LogP contribution in [0.2, 0.25) is 0 Å². The van der Waals surface area contributed by atoms with E-state index in [0.29, 0.717) is 5.92 Å². The van der Waals surface area contributed by atoms with Gasteiger partial charge in [-0.1, -0.05) is 55.8 Å². The number of allylic oxidation sites excluding steroid dienone is 2. The van der Waals surface area contributed by atoms with Gasteiger partial charge in [0.15, 0.2) is 0 Å². The molecule has 0 unspecified atom stereocenters. The zero-order valence-corrected chi connectivity index (χ0v) is 19.9. The molecule has 0 radical (unpaired) electrons. The molecule has 2 aromatic rings. The largest absolute Gasteiger partial charge is 0.266 e. The van der Waals surface area contributed by atoms with Crippen LogP contribution in [0.25, 0.3) is 17.3 Å². The highest BCUT2D eigenvalue weighted by Crippen LogP contribution is 2.42. The van der Waals surface area contributed by atoms with Gasteiger partial charge in [-0.05, 0) is 105 Å². The second kappa shape index (κ2) is 11.7. The molecule has 4 rings (SSSR count). The summed E-state index contributed by atoms with van der Waals surface area (Å²) in [6.45, 7) is 2.19. The Labute approximate surface area is 198 Å². The van der Waals surface area contributed by atoms with Gasteiger partial charge in [-0.25, -0.2) is 0 Å². The second-order valence-electron chi connectivity index (χ2n) is 10.1. The summed E-state index contributed by atoms with van der Waals surface area (Å²) < 4.78 is 25.0. The Bertz CT molecular complexity index is 909. The van der Waals surface area contributed by atoms with Gasteiger partial charge in [-0.15, -0.1) is 0 Å². The van der Waals surface area contributed by atoms with Crippen molar-refractivity contribution in [3.05, 3.63) is 72.0 Å². The molecule has 1 aromatic heterocycles. The number of halogens is 2. The molecule has 0 atom stereocenters. The third-order valence-electron chi connectivity index (χ3n) is 7.79. The first kappa shape index (κ1) is 23.9. The number of benzene rings is 1. The van der Waals surface area contributed by atoms with Gasteiger partial charge in [0.2, 0.25) is 0 Å². The first-order chi connectivity index (χ1) is 16.1. The molecular weight excluding hydrogens is 412 g/mol. The number of aromatic nitrogens is 1. The SMILES string of the molecule is CCCc1ccc(-c2ccc(/C=C/C3CCC(C4CCC(C=C(F)F)CC4)CC3)cc2)nc1. The van der Waals surface area contributed by atoms with Gasteiger partial charge >= 0.3 is 0 Å². The Morgan fingerprint density at radius 3 is 2.03 bits per heavy atom. The van der Waals surface area contributed by atoms with Gasteiger partial charge in [0.1, 0.15) is 0 Å². The fraction of sp³-hybridized carbons (Fsp3) is 0.500. The number of rotatable bonds is 7. The number of pyridine rings is 1. The Hall–Kier alpha value is -2.29. The van der Waals surface area contributed by atoms with Gasteiger partial charge in [0, 0.05) is 11.8 Å². The smallest absolute Gasteiger partial charge is 0.256 e. The van der Waals surface area contributed by atoms with E-state index in [2.05, 4.69) is 60.5 Å². The van der Waals surface area contributed by atoms with Gasteiger partial charge in [-0.2, -0.15) is 8.78 Å². The minimum atomic E-state index is -1.50. The first-order valence-electron chi connectivity index (χ1n) is 12.9. The summed E-state index contributed by atoms with van der Waals surface area (Å²) in [6.07, 6.45) is 17.8. The van der Waals surface area contributed by atoms with Crippen molar-refractivity contribution in [2.24, 2.45) is 23.7 Å². The maximum absolute atomic E-state index is 12.5. The monoisotopic (exact) mass is 449 g/mol. The molecular formula is C30H37F2N. The van der Waals surface area contributed by atoms with Crippen LogP contribution in [-0.4, -0.2) is 4.98 Å². The topological polar surface area (TPSA) is 12.9 Å². The van der Waals surface area contributed by atoms with Crippen LogP contribution in [0, 0.1) is 23.7 Å². The van der Waals surface area contributed by atoms with Crippen molar-refractivity contribution < 1.29 is 8.78 Å². The van der Waals surface area contributed by atoms with Crippen molar-refractivity contribution in [2.75, 3.05) is 0 Å². The van der Waals surface area contributed by atoms with Gasteiger partial charge < -0.3 is 0 Å². The zero-order valence-electron chi connectivity index (χ0n) is 19.9. The predicted molar refractivity (Wildman–Crippen MR) is 134 cm³/mol. The standard InChI is InChI=1S/C30H37F2N/c1-2-3-25-12-19-29(33-21-25)28-17-8-23(9-18-28)5-4-22-6-13-26(14-7-22)27-15-10-24(11-16-27)20-30(31)32/h4-5,8-9,12,17-22,24,26-27H,2-3,6-7,10-11,13-16H2,1H3/b5-4+. The first-order valence-corrected chi connectivity index (χ1v) is 12.9. The third-order valence-corrected chi connectivity index (χ3v) is 7.79. The van der Waals surface area contributed by atoms with Crippen LogP contribution in [-0.2, 0) is 6.42 Å². The number of nitrogens with zero attached hydrogens (tertiary/aromatic N) is 1. The van der Waals surface area contributed by atoms with E-state index in [4.69, 9.17) is 0 Å². The molecule has 1 nitrogen and oxygen atoms in total. The van der Waals surface area contributed by atoms with E-state index in [9.17, 15) is 8.78 Å². The Morgan fingerprint density at radius 2 is 1.48 bits per heavy atom. The van der Waals surface area contributed by atoms with Crippen molar-refractivity contribution in [3.8, 4) is 11.3 Å². The molecule has 3 heteroatoms. The van der Waals surface area contributed by atoms with Crippen molar-refractivity contribution in [3.63, 3.8) is 0 Å². The van der Waals surface area contributed by atoms with E-state index in [1.807, 2.05) is 6.20 Å². The average molecular weight is 450 g/mol. The summed E-state index contributed by atoms with van der Waals surface area (Å²) in [4.78, 5) is 4.62.